The summed E-state index contributed by atoms with van der Waals surface area (Å²) < 4.78 is -0.360. The highest BCUT2D eigenvalue weighted by Gasteiger charge is 2.63. The molecule has 3 rings (SSSR count). The Kier molecular flexibility index (Phi) is 2.15. The van der Waals surface area contributed by atoms with E-state index in [1.807, 2.05) is 0 Å². The van der Waals surface area contributed by atoms with Gasteiger partial charge in [-0.2, -0.15) is 0 Å². The van der Waals surface area contributed by atoms with Crippen LogP contribution in [0.2, 0.25) is 0 Å². The molecule has 0 N–H and O–H groups in total. The van der Waals surface area contributed by atoms with Gasteiger partial charge < -0.3 is 0 Å². The molecule has 0 heterocycles. The number of allylic oxidation sites excluding steroid dienone is 2. The van der Waals surface area contributed by atoms with Gasteiger partial charge in [-0.05, 0) is 55.8 Å². The molecule has 14 heavy (non-hydrogen) atoms. The van der Waals surface area contributed by atoms with Gasteiger partial charge in [0.2, 0.25) is 0 Å². The molecule has 0 saturated heterocycles. The van der Waals surface area contributed by atoms with Crippen LogP contribution in [0.25, 0.3) is 0 Å². The highest BCUT2D eigenvalue weighted by Crippen LogP contribution is 2.66. The van der Waals surface area contributed by atoms with Crippen LogP contribution in [0.4, 0.5) is 0 Å². The van der Waals surface area contributed by atoms with Crippen molar-refractivity contribution >= 4 is 23.2 Å². The summed E-state index contributed by atoms with van der Waals surface area (Å²) in [6, 6.07) is 0. The van der Waals surface area contributed by atoms with Crippen LogP contribution in [0, 0.1) is 23.7 Å². The zero-order chi connectivity index (χ0) is 9.76. The third-order valence-electron chi connectivity index (χ3n) is 4.31. The molecule has 3 aliphatic rings. The molecule has 0 nitrogen and oxygen atoms in total. The number of alkyl halides is 2. The molecule has 2 bridgehead atoms. The lowest BCUT2D eigenvalue weighted by atomic mass is 9.89. The van der Waals surface area contributed by atoms with E-state index in [0.29, 0.717) is 11.8 Å². The molecule has 0 aromatic rings. The van der Waals surface area contributed by atoms with Gasteiger partial charge >= 0.3 is 0 Å². The standard InChI is InChI=1S/C12H16Cl2/c13-12(14)10-6-8-3-1-2-4-9(5-8)7-11(10)12/h1-2,8-11H,3-7H2. The number of hydrogen-bond acceptors (Lipinski definition) is 0. The fourth-order valence-electron chi connectivity index (χ4n) is 3.45. The van der Waals surface area contributed by atoms with E-state index in [1.54, 1.807) is 0 Å². The minimum absolute atomic E-state index is 0.360. The second-order valence-corrected chi connectivity index (χ2v) is 6.71. The van der Waals surface area contributed by atoms with E-state index in [2.05, 4.69) is 12.2 Å². The monoisotopic (exact) mass is 230 g/mol. The average molecular weight is 231 g/mol. The zero-order valence-electron chi connectivity index (χ0n) is 8.26. The summed E-state index contributed by atoms with van der Waals surface area (Å²) in [6.45, 7) is 0. The quantitative estimate of drug-likeness (QED) is 0.433. The van der Waals surface area contributed by atoms with Crippen molar-refractivity contribution < 1.29 is 0 Å². The van der Waals surface area contributed by atoms with Gasteiger partial charge in [-0.25, -0.2) is 0 Å². The van der Waals surface area contributed by atoms with E-state index in [-0.39, 0.29) is 4.33 Å². The van der Waals surface area contributed by atoms with E-state index < -0.39 is 0 Å². The maximum atomic E-state index is 6.30. The molecule has 0 spiro atoms. The number of halogens is 2. The maximum Gasteiger partial charge on any atom is 0.124 e. The first-order valence-corrected chi connectivity index (χ1v) is 6.46. The zero-order valence-corrected chi connectivity index (χ0v) is 9.77. The van der Waals surface area contributed by atoms with Crippen molar-refractivity contribution in [2.75, 3.05) is 0 Å². The Morgan fingerprint density at radius 3 is 1.86 bits per heavy atom. The van der Waals surface area contributed by atoms with Crippen molar-refractivity contribution in [2.24, 2.45) is 23.7 Å². The van der Waals surface area contributed by atoms with Gasteiger partial charge in [-0.1, -0.05) is 12.2 Å². The van der Waals surface area contributed by atoms with E-state index in [4.69, 9.17) is 23.2 Å². The maximum absolute atomic E-state index is 6.30. The lowest BCUT2D eigenvalue weighted by Gasteiger charge is -2.18. The van der Waals surface area contributed by atoms with Crippen LogP contribution in [-0.2, 0) is 0 Å². The second-order valence-electron chi connectivity index (χ2n) is 5.27. The van der Waals surface area contributed by atoms with Crippen molar-refractivity contribution in [3.8, 4) is 0 Å². The van der Waals surface area contributed by atoms with Gasteiger partial charge in [-0.15, -0.1) is 23.2 Å². The molecule has 0 aliphatic heterocycles. The number of rotatable bonds is 0. The summed E-state index contributed by atoms with van der Waals surface area (Å²) in [5.41, 5.74) is 0. The smallest absolute Gasteiger partial charge is 0.101 e. The molecule has 3 aliphatic carbocycles. The first-order chi connectivity index (χ1) is 6.68. The van der Waals surface area contributed by atoms with E-state index in [0.717, 1.165) is 11.8 Å². The average Bonchev–Trinajstić information content (AvgIpc) is 2.78. The lowest BCUT2D eigenvalue weighted by Crippen LogP contribution is -2.09. The highest BCUT2D eigenvalue weighted by molar-refractivity contribution is 6.51. The Labute approximate surface area is 95.7 Å². The fourth-order valence-corrected chi connectivity index (χ4v) is 4.29. The van der Waals surface area contributed by atoms with Crippen molar-refractivity contribution in [3.05, 3.63) is 12.2 Å². The topological polar surface area (TPSA) is 0 Å². The molecule has 4 atom stereocenters. The van der Waals surface area contributed by atoms with Crippen LogP contribution in [0.15, 0.2) is 12.2 Å². The summed E-state index contributed by atoms with van der Waals surface area (Å²) >= 11 is 12.6. The van der Waals surface area contributed by atoms with Crippen LogP contribution in [-0.4, -0.2) is 4.33 Å². The minimum atomic E-state index is -0.360. The molecule has 0 amide bonds. The molecular formula is C12H16Cl2. The summed E-state index contributed by atoms with van der Waals surface area (Å²) in [5.74, 6) is 2.92. The summed E-state index contributed by atoms with van der Waals surface area (Å²) in [4.78, 5) is 0. The first kappa shape index (κ1) is 9.54. The Balaban J connectivity index is 1.81. The van der Waals surface area contributed by atoms with Gasteiger partial charge in [0.15, 0.2) is 0 Å². The largest absolute Gasteiger partial charge is 0.124 e. The Bertz CT molecular complexity index is 245. The third kappa shape index (κ3) is 1.42. The SMILES string of the molecule is ClC1(Cl)C2CC3CC=CCC(C3)CC21. The van der Waals surface area contributed by atoms with Crippen LogP contribution in [0.1, 0.15) is 32.1 Å². The first-order valence-electron chi connectivity index (χ1n) is 5.70. The van der Waals surface area contributed by atoms with Gasteiger partial charge in [0.25, 0.3) is 0 Å². The molecule has 78 valence electrons. The normalized spacial score (nSPS) is 49.0. The Morgan fingerprint density at radius 1 is 0.857 bits per heavy atom. The Morgan fingerprint density at radius 2 is 1.36 bits per heavy atom. The van der Waals surface area contributed by atoms with Crippen molar-refractivity contribution in [1.82, 2.24) is 0 Å². The molecule has 0 aromatic carbocycles. The number of fused-ring (bicyclic) bond motifs is 3. The van der Waals surface area contributed by atoms with Gasteiger partial charge in [0.05, 0.1) is 0 Å². The highest BCUT2D eigenvalue weighted by atomic mass is 35.5. The molecule has 0 radical (unpaired) electrons. The van der Waals surface area contributed by atoms with Gasteiger partial charge in [0, 0.05) is 0 Å². The molecule has 2 heteroatoms. The van der Waals surface area contributed by atoms with Crippen molar-refractivity contribution in [3.63, 3.8) is 0 Å². The van der Waals surface area contributed by atoms with E-state index in [1.165, 1.54) is 32.1 Å². The minimum Gasteiger partial charge on any atom is -0.101 e. The Hall–Kier alpha value is 0.320. The van der Waals surface area contributed by atoms with E-state index >= 15 is 0 Å². The second kappa shape index (κ2) is 3.15. The van der Waals surface area contributed by atoms with Crippen molar-refractivity contribution in [2.45, 2.75) is 36.4 Å². The molecular weight excluding hydrogens is 215 g/mol. The van der Waals surface area contributed by atoms with Crippen LogP contribution < -0.4 is 0 Å². The summed E-state index contributed by atoms with van der Waals surface area (Å²) in [7, 11) is 0. The number of hydrogen-bond donors (Lipinski definition) is 0. The lowest BCUT2D eigenvalue weighted by molar-refractivity contribution is 0.364. The van der Waals surface area contributed by atoms with Gasteiger partial charge in [-0.3, -0.25) is 0 Å². The van der Waals surface area contributed by atoms with E-state index in [9.17, 15) is 0 Å². The van der Waals surface area contributed by atoms with Crippen LogP contribution in [0.3, 0.4) is 0 Å². The summed E-state index contributed by atoms with van der Waals surface area (Å²) in [6.07, 6.45) is 11.2. The molecule has 2 fully saturated rings. The van der Waals surface area contributed by atoms with Crippen LogP contribution in [0.5, 0.6) is 0 Å². The van der Waals surface area contributed by atoms with Crippen LogP contribution >= 0.6 is 23.2 Å². The molecule has 0 aromatic heterocycles. The summed E-state index contributed by atoms with van der Waals surface area (Å²) in [5, 5.41) is 0. The van der Waals surface area contributed by atoms with Gasteiger partial charge in [0.1, 0.15) is 4.33 Å². The molecule has 4 unspecified atom stereocenters. The predicted molar refractivity (Wildman–Crippen MR) is 60.6 cm³/mol. The fraction of sp³-hybridized carbons (Fsp3) is 0.833. The molecule has 2 saturated carbocycles. The van der Waals surface area contributed by atoms with Crippen molar-refractivity contribution in [1.29, 1.82) is 0 Å². The predicted octanol–water partition coefficient (Wildman–Crippen LogP) is 4.17. The third-order valence-corrected chi connectivity index (χ3v) is 5.43.